The number of rotatable bonds is 4. The first-order valence-electron chi connectivity index (χ1n) is 8.56. The zero-order chi connectivity index (χ0) is 15.4. The van der Waals surface area contributed by atoms with E-state index in [4.69, 9.17) is 5.73 Å². The number of likely N-dealkylation sites (tertiary alicyclic amines) is 1. The highest BCUT2D eigenvalue weighted by atomic mass is 15.2. The van der Waals surface area contributed by atoms with E-state index < -0.39 is 0 Å². The minimum Gasteiger partial charge on any atom is -0.326 e. The van der Waals surface area contributed by atoms with Gasteiger partial charge in [-0.3, -0.25) is 4.90 Å². The highest BCUT2D eigenvalue weighted by Crippen LogP contribution is 2.31. The summed E-state index contributed by atoms with van der Waals surface area (Å²) in [6.07, 6.45) is 3.98. The molecule has 0 aromatic heterocycles. The van der Waals surface area contributed by atoms with Crippen molar-refractivity contribution >= 4 is 0 Å². The van der Waals surface area contributed by atoms with Crippen LogP contribution in [0.2, 0.25) is 0 Å². The Labute approximate surface area is 130 Å². The predicted octanol–water partition coefficient (Wildman–Crippen LogP) is 4.14. The van der Waals surface area contributed by atoms with E-state index in [1.54, 1.807) is 0 Å². The van der Waals surface area contributed by atoms with Crippen LogP contribution in [0.25, 0.3) is 0 Å². The molecule has 3 atom stereocenters. The summed E-state index contributed by atoms with van der Waals surface area (Å²) in [6, 6.07) is 9.26. The molecule has 0 radical (unpaired) electrons. The normalized spacial score (nSPS) is 23.8. The Kier molecular flexibility index (Phi) is 5.83. The van der Waals surface area contributed by atoms with Gasteiger partial charge in [0.15, 0.2) is 0 Å². The van der Waals surface area contributed by atoms with E-state index in [2.05, 4.69) is 56.9 Å². The highest BCUT2D eigenvalue weighted by Gasteiger charge is 2.28. The number of benzene rings is 1. The molecule has 2 heteroatoms. The monoisotopic (exact) mass is 288 g/mol. The van der Waals surface area contributed by atoms with Crippen molar-refractivity contribution in [1.29, 1.82) is 0 Å². The van der Waals surface area contributed by atoms with E-state index in [-0.39, 0.29) is 6.04 Å². The fraction of sp³-hybridized carbons (Fsp3) is 0.684. The van der Waals surface area contributed by atoms with Crippen LogP contribution in [0.3, 0.4) is 0 Å². The van der Waals surface area contributed by atoms with Gasteiger partial charge < -0.3 is 5.73 Å². The van der Waals surface area contributed by atoms with Crippen LogP contribution in [-0.2, 0) is 0 Å². The van der Waals surface area contributed by atoms with E-state index in [9.17, 15) is 0 Å². The van der Waals surface area contributed by atoms with E-state index in [1.807, 2.05) is 0 Å². The summed E-state index contributed by atoms with van der Waals surface area (Å²) in [5.74, 6) is 1.68. The number of aryl methyl sites for hydroxylation is 1. The maximum Gasteiger partial charge on any atom is 0.0499 e. The molecule has 1 aliphatic rings. The van der Waals surface area contributed by atoms with Crippen LogP contribution in [0.1, 0.15) is 57.2 Å². The van der Waals surface area contributed by atoms with Gasteiger partial charge in [0.05, 0.1) is 0 Å². The third kappa shape index (κ3) is 4.08. The third-order valence-corrected chi connectivity index (χ3v) is 5.15. The van der Waals surface area contributed by atoms with Gasteiger partial charge in [-0.2, -0.15) is 0 Å². The lowest BCUT2D eigenvalue weighted by molar-refractivity contribution is 0.178. The zero-order valence-electron chi connectivity index (χ0n) is 14.2. The Morgan fingerprint density at radius 1 is 1.10 bits per heavy atom. The van der Waals surface area contributed by atoms with Crippen molar-refractivity contribution in [3.63, 3.8) is 0 Å². The summed E-state index contributed by atoms with van der Waals surface area (Å²) >= 11 is 0. The Hall–Kier alpha value is -0.860. The summed E-state index contributed by atoms with van der Waals surface area (Å²) in [7, 11) is 0. The summed E-state index contributed by atoms with van der Waals surface area (Å²) in [5, 5.41) is 0. The van der Waals surface area contributed by atoms with Crippen molar-refractivity contribution in [2.45, 2.75) is 59.0 Å². The average Bonchev–Trinajstić information content (AvgIpc) is 2.67. The first-order chi connectivity index (χ1) is 10.0. The van der Waals surface area contributed by atoms with Crippen LogP contribution < -0.4 is 5.73 Å². The molecule has 1 saturated heterocycles. The molecule has 118 valence electrons. The Morgan fingerprint density at radius 3 is 2.43 bits per heavy atom. The van der Waals surface area contributed by atoms with E-state index in [0.29, 0.717) is 6.04 Å². The number of hydrogen-bond acceptors (Lipinski definition) is 2. The number of nitrogens with zero attached hydrogens (tertiary/aromatic N) is 1. The lowest BCUT2D eigenvalue weighted by atomic mass is 9.89. The van der Waals surface area contributed by atoms with Crippen LogP contribution in [0.15, 0.2) is 24.3 Å². The van der Waals surface area contributed by atoms with Gasteiger partial charge >= 0.3 is 0 Å². The molecule has 21 heavy (non-hydrogen) atoms. The molecule has 1 fully saturated rings. The van der Waals surface area contributed by atoms with E-state index in [0.717, 1.165) is 11.8 Å². The molecule has 3 unspecified atom stereocenters. The fourth-order valence-electron chi connectivity index (χ4n) is 3.82. The van der Waals surface area contributed by atoms with Crippen molar-refractivity contribution in [3.8, 4) is 0 Å². The van der Waals surface area contributed by atoms with Gasteiger partial charge in [-0.25, -0.2) is 0 Å². The molecule has 1 aromatic carbocycles. The molecule has 1 aromatic rings. The maximum absolute atomic E-state index is 6.37. The van der Waals surface area contributed by atoms with Crippen LogP contribution >= 0.6 is 0 Å². The SMILES string of the molecule is Cc1ccccc1C(C(C)N)N1CCCC(C(C)C)CC1. The van der Waals surface area contributed by atoms with Crippen molar-refractivity contribution < 1.29 is 0 Å². The number of nitrogens with two attached hydrogens (primary N) is 1. The zero-order valence-corrected chi connectivity index (χ0v) is 14.2. The van der Waals surface area contributed by atoms with E-state index >= 15 is 0 Å². The molecule has 1 aliphatic heterocycles. The standard InChI is InChI=1S/C19H32N2/c1-14(2)17-9-7-12-21(13-11-17)19(16(4)20)18-10-6-5-8-15(18)3/h5-6,8,10,14,16-17,19H,7,9,11-13,20H2,1-4H3. The molecule has 0 aliphatic carbocycles. The molecule has 0 spiro atoms. The Balaban J connectivity index is 2.18. The third-order valence-electron chi connectivity index (χ3n) is 5.15. The predicted molar refractivity (Wildman–Crippen MR) is 91.3 cm³/mol. The van der Waals surface area contributed by atoms with Crippen LogP contribution in [-0.4, -0.2) is 24.0 Å². The van der Waals surface area contributed by atoms with Crippen LogP contribution in [0.4, 0.5) is 0 Å². The second-order valence-electron chi connectivity index (χ2n) is 7.13. The first-order valence-corrected chi connectivity index (χ1v) is 8.56. The van der Waals surface area contributed by atoms with Gasteiger partial charge in [0.25, 0.3) is 0 Å². The number of hydrogen-bond donors (Lipinski definition) is 1. The topological polar surface area (TPSA) is 29.3 Å². The van der Waals surface area contributed by atoms with Gasteiger partial charge in [-0.1, -0.05) is 38.1 Å². The molecule has 2 nitrogen and oxygen atoms in total. The Bertz CT molecular complexity index is 439. The van der Waals surface area contributed by atoms with Gasteiger partial charge in [0, 0.05) is 12.1 Å². The van der Waals surface area contributed by atoms with Gasteiger partial charge in [0.2, 0.25) is 0 Å². The minimum absolute atomic E-state index is 0.168. The molecular weight excluding hydrogens is 256 g/mol. The van der Waals surface area contributed by atoms with Gasteiger partial charge in [-0.05, 0) is 69.2 Å². The average molecular weight is 288 g/mol. The minimum atomic E-state index is 0.168. The Morgan fingerprint density at radius 2 is 1.81 bits per heavy atom. The highest BCUT2D eigenvalue weighted by molar-refractivity contribution is 5.30. The van der Waals surface area contributed by atoms with Crippen molar-refractivity contribution in [2.24, 2.45) is 17.6 Å². The molecule has 0 saturated carbocycles. The molecule has 2 rings (SSSR count). The summed E-state index contributed by atoms with van der Waals surface area (Å²) in [5.41, 5.74) is 9.15. The largest absolute Gasteiger partial charge is 0.326 e. The summed E-state index contributed by atoms with van der Waals surface area (Å²) in [6.45, 7) is 11.5. The van der Waals surface area contributed by atoms with Crippen molar-refractivity contribution in [2.75, 3.05) is 13.1 Å². The van der Waals surface area contributed by atoms with Crippen molar-refractivity contribution in [1.82, 2.24) is 4.90 Å². The summed E-state index contributed by atoms with van der Waals surface area (Å²) < 4.78 is 0. The molecule has 0 bridgehead atoms. The lowest BCUT2D eigenvalue weighted by Gasteiger charge is -2.35. The smallest absolute Gasteiger partial charge is 0.0499 e. The molecule has 1 heterocycles. The lowest BCUT2D eigenvalue weighted by Crippen LogP contribution is -2.40. The quantitative estimate of drug-likeness (QED) is 0.902. The van der Waals surface area contributed by atoms with Crippen LogP contribution in [0.5, 0.6) is 0 Å². The first kappa shape index (κ1) is 16.5. The van der Waals surface area contributed by atoms with E-state index in [1.165, 1.54) is 43.5 Å². The van der Waals surface area contributed by atoms with Gasteiger partial charge in [0.1, 0.15) is 0 Å². The molecule has 0 amide bonds. The summed E-state index contributed by atoms with van der Waals surface area (Å²) in [4.78, 5) is 2.63. The molecule has 2 N–H and O–H groups in total. The second-order valence-corrected chi connectivity index (χ2v) is 7.13. The van der Waals surface area contributed by atoms with Crippen molar-refractivity contribution in [3.05, 3.63) is 35.4 Å². The van der Waals surface area contributed by atoms with Gasteiger partial charge in [-0.15, -0.1) is 0 Å². The van der Waals surface area contributed by atoms with Crippen LogP contribution in [0, 0.1) is 18.8 Å². The maximum atomic E-state index is 6.37. The second kappa shape index (κ2) is 7.42. The molecular formula is C19H32N2. The fourth-order valence-corrected chi connectivity index (χ4v) is 3.82.